The molecular weight excluding hydrogens is 220 g/mol. The van der Waals surface area contributed by atoms with Crippen LogP contribution in [0.2, 0.25) is 0 Å². The van der Waals surface area contributed by atoms with Crippen LogP contribution in [0, 0.1) is 11.3 Å². The van der Waals surface area contributed by atoms with Gasteiger partial charge in [0.15, 0.2) is 0 Å². The summed E-state index contributed by atoms with van der Waals surface area (Å²) in [4.78, 5) is 0. The zero-order valence-corrected chi connectivity index (χ0v) is 11.4. The average Bonchev–Trinajstić information content (AvgIpc) is 2.29. The highest BCUT2D eigenvalue weighted by atomic mass is 16.3. The smallest absolute Gasteiger partial charge is 0.0794 e. The number of fused-ring (bicyclic) bond motifs is 1. The molecule has 0 aromatic carbocycles. The maximum atomic E-state index is 10.3. The summed E-state index contributed by atoms with van der Waals surface area (Å²) in [7, 11) is 0. The lowest BCUT2D eigenvalue weighted by molar-refractivity contribution is 0.0614. The predicted molar refractivity (Wildman–Crippen MR) is 75.3 cm³/mol. The van der Waals surface area contributed by atoms with E-state index in [2.05, 4.69) is 18.2 Å². The van der Waals surface area contributed by atoms with Crippen LogP contribution in [0.5, 0.6) is 0 Å². The number of allylic oxidation sites excluding steroid dienone is 2. The quantitative estimate of drug-likeness (QED) is 0.629. The molecule has 0 aromatic rings. The number of hydrogen-bond acceptors (Lipinski definition) is 1. The summed E-state index contributed by atoms with van der Waals surface area (Å²) >= 11 is 0. The third-order valence-corrected chi connectivity index (χ3v) is 5.27. The average molecular weight is 246 g/mol. The maximum absolute atomic E-state index is 10.3. The fraction of sp³-hybridized carbons (Fsp3) is 0.765. The van der Waals surface area contributed by atoms with E-state index in [1.165, 1.54) is 69.8 Å². The topological polar surface area (TPSA) is 20.2 Å². The molecule has 0 aliphatic heterocycles. The Morgan fingerprint density at radius 2 is 1.72 bits per heavy atom. The minimum atomic E-state index is -0.207. The molecule has 1 nitrogen and oxygen atoms in total. The van der Waals surface area contributed by atoms with Gasteiger partial charge in [-0.25, -0.2) is 0 Å². The van der Waals surface area contributed by atoms with Gasteiger partial charge in [0.25, 0.3) is 0 Å². The van der Waals surface area contributed by atoms with E-state index in [1.54, 1.807) is 0 Å². The van der Waals surface area contributed by atoms with E-state index in [1.807, 2.05) is 0 Å². The lowest BCUT2D eigenvalue weighted by Crippen LogP contribution is -2.44. The van der Waals surface area contributed by atoms with Crippen molar-refractivity contribution in [3.05, 3.63) is 23.8 Å². The summed E-state index contributed by atoms with van der Waals surface area (Å²) in [6, 6.07) is 0. The molecule has 0 heterocycles. The van der Waals surface area contributed by atoms with E-state index in [0.29, 0.717) is 11.3 Å². The van der Waals surface area contributed by atoms with Crippen LogP contribution in [0.4, 0.5) is 0 Å². The van der Waals surface area contributed by atoms with Crippen LogP contribution in [0.3, 0.4) is 0 Å². The lowest BCUT2D eigenvalue weighted by atomic mass is 9.56. The van der Waals surface area contributed by atoms with Crippen LogP contribution in [0.1, 0.15) is 64.2 Å². The van der Waals surface area contributed by atoms with E-state index < -0.39 is 0 Å². The second kappa shape index (κ2) is 5.21. The fourth-order valence-electron chi connectivity index (χ4n) is 4.14. The van der Waals surface area contributed by atoms with Crippen LogP contribution >= 0.6 is 0 Å². The van der Waals surface area contributed by atoms with E-state index in [9.17, 15) is 5.11 Å². The van der Waals surface area contributed by atoms with Gasteiger partial charge >= 0.3 is 0 Å². The Morgan fingerprint density at radius 1 is 1.00 bits per heavy atom. The second-order valence-electron chi connectivity index (χ2n) is 6.59. The number of rotatable bonds is 0. The first-order valence-electron chi connectivity index (χ1n) is 7.87. The van der Waals surface area contributed by atoms with Gasteiger partial charge in [0.2, 0.25) is 0 Å². The summed E-state index contributed by atoms with van der Waals surface area (Å²) in [6.45, 7) is 0. The molecule has 100 valence electrons. The molecule has 18 heavy (non-hydrogen) atoms. The SMILES string of the molecule is O[C@H]1C=C2CCCCCCCCC[C@@]3(C=C[C@H]13)C2. The Bertz CT molecular complexity index is 355. The third kappa shape index (κ3) is 2.30. The van der Waals surface area contributed by atoms with Gasteiger partial charge in [-0.3, -0.25) is 0 Å². The van der Waals surface area contributed by atoms with Gasteiger partial charge in [-0.2, -0.15) is 0 Å². The Morgan fingerprint density at radius 3 is 2.44 bits per heavy atom. The van der Waals surface area contributed by atoms with Gasteiger partial charge in [-0.05, 0) is 25.7 Å². The summed E-state index contributed by atoms with van der Waals surface area (Å²) in [5, 5.41) is 10.3. The van der Waals surface area contributed by atoms with Crippen molar-refractivity contribution in [3.8, 4) is 0 Å². The zero-order chi connectivity index (χ0) is 12.4. The predicted octanol–water partition coefficient (Wildman–Crippen LogP) is 4.37. The third-order valence-electron chi connectivity index (χ3n) is 5.27. The van der Waals surface area contributed by atoms with Crippen molar-refractivity contribution in [2.75, 3.05) is 0 Å². The highest BCUT2D eigenvalue weighted by Crippen LogP contribution is 2.53. The normalized spacial score (nSPS) is 40.8. The van der Waals surface area contributed by atoms with E-state index in [-0.39, 0.29) is 6.10 Å². The van der Waals surface area contributed by atoms with Gasteiger partial charge in [-0.1, -0.05) is 62.3 Å². The Kier molecular flexibility index (Phi) is 3.61. The van der Waals surface area contributed by atoms with Crippen molar-refractivity contribution in [1.29, 1.82) is 0 Å². The fourth-order valence-corrected chi connectivity index (χ4v) is 4.14. The molecule has 0 unspecified atom stereocenters. The van der Waals surface area contributed by atoms with Crippen molar-refractivity contribution >= 4 is 0 Å². The summed E-state index contributed by atoms with van der Waals surface area (Å²) in [6.07, 6.45) is 20.0. The van der Waals surface area contributed by atoms with Gasteiger partial charge in [-0.15, -0.1) is 0 Å². The van der Waals surface area contributed by atoms with Crippen molar-refractivity contribution < 1.29 is 5.11 Å². The molecule has 0 amide bonds. The number of aliphatic hydroxyl groups excluding tert-OH is 1. The van der Waals surface area contributed by atoms with Crippen LogP contribution in [-0.4, -0.2) is 11.2 Å². The molecule has 3 aliphatic carbocycles. The number of hydrogen-bond donors (Lipinski definition) is 1. The molecule has 3 rings (SSSR count). The minimum Gasteiger partial charge on any atom is -0.388 e. The van der Waals surface area contributed by atoms with Crippen LogP contribution < -0.4 is 0 Å². The molecule has 0 radical (unpaired) electrons. The molecule has 1 heteroatoms. The van der Waals surface area contributed by atoms with E-state index in [0.717, 1.165) is 0 Å². The zero-order valence-electron chi connectivity index (χ0n) is 11.4. The first-order chi connectivity index (χ1) is 8.80. The van der Waals surface area contributed by atoms with Crippen molar-refractivity contribution in [3.63, 3.8) is 0 Å². The molecule has 0 saturated heterocycles. The van der Waals surface area contributed by atoms with Gasteiger partial charge in [0.05, 0.1) is 6.10 Å². The molecule has 0 aromatic heterocycles. The first kappa shape index (κ1) is 12.5. The lowest BCUT2D eigenvalue weighted by Gasteiger charge is -2.49. The molecule has 3 atom stereocenters. The standard InChI is InChI=1S/C17H26O/c18-16-12-14-8-6-4-2-1-3-5-7-10-17(13-14)11-9-15(16)17/h9,11-12,15-16,18H,1-8,10,13H2/t15-,16+,17-/m1/s1. The van der Waals surface area contributed by atoms with Crippen molar-refractivity contribution in [1.82, 2.24) is 0 Å². The summed E-state index contributed by atoms with van der Waals surface area (Å²) < 4.78 is 0. The largest absolute Gasteiger partial charge is 0.388 e. The minimum absolute atomic E-state index is 0.207. The van der Waals surface area contributed by atoms with Gasteiger partial charge < -0.3 is 5.11 Å². The maximum Gasteiger partial charge on any atom is 0.0794 e. The van der Waals surface area contributed by atoms with Crippen molar-refractivity contribution in [2.45, 2.75) is 70.3 Å². The summed E-state index contributed by atoms with van der Waals surface area (Å²) in [5.41, 5.74) is 1.87. The van der Waals surface area contributed by atoms with Crippen LogP contribution in [-0.2, 0) is 0 Å². The molecule has 3 aliphatic rings. The van der Waals surface area contributed by atoms with Crippen LogP contribution in [0.25, 0.3) is 0 Å². The first-order valence-corrected chi connectivity index (χ1v) is 7.87. The molecule has 1 N–H and O–H groups in total. The molecule has 1 fully saturated rings. The van der Waals surface area contributed by atoms with Crippen molar-refractivity contribution in [2.24, 2.45) is 11.3 Å². The highest BCUT2D eigenvalue weighted by Gasteiger charge is 2.46. The van der Waals surface area contributed by atoms with Crippen LogP contribution in [0.15, 0.2) is 23.8 Å². The van der Waals surface area contributed by atoms with E-state index >= 15 is 0 Å². The molecule has 1 spiro atoms. The highest BCUT2D eigenvalue weighted by molar-refractivity contribution is 5.31. The Hall–Kier alpha value is -0.560. The number of aliphatic hydroxyl groups is 1. The molecular formula is C17H26O. The second-order valence-corrected chi connectivity index (χ2v) is 6.59. The Balaban J connectivity index is 1.74. The monoisotopic (exact) mass is 246 g/mol. The van der Waals surface area contributed by atoms with E-state index in [4.69, 9.17) is 0 Å². The molecule has 2 bridgehead atoms. The van der Waals surface area contributed by atoms with Gasteiger partial charge in [0.1, 0.15) is 0 Å². The van der Waals surface area contributed by atoms with Gasteiger partial charge in [0, 0.05) is 11.3 Å². The molecule has 1 saturated carbocycles. The Labute approximate surface area is 111 Å². The summed E-state index contributed by atoms with van der Waals surface area (Å²) in [5.74, 6) is 0.421.